The Balaban J connectivity index is 2.02. The van der Waals surface area contributed by atoms with Gasteiger partial charge in [-0.2, -0.15) is 11.8 Å². The number of nitrogens with two attached hydrogens (primary N) is 1. The van der Waals surface area contributed by atoms with E-state index in [4.69, 9.17) is 5.73 Å². The fourth-order valence-electron chi connectivity index (χ4n) is 1.96. The van der Waals surface area contributed by atoms with Gasteiger partial charge < -0.3 is 11.1 Å². The number of rotatable bonds is 3. The Hall–Kier alpha value is -0.900. The molecule has 3 nitrogen and oxygen atoms in total. The van der Waals surface area contributed by atoms with Crippen molar-refractivity contribution in [3.63, 3.8) is 0 Å². The minimum absolute atomic E-state index is 0.345. The minimum atomic E-state index is 0.345. The third kappa shape index (κ3) is 2.43. The molecule has 1 unspecified atom stereocenters. The van der Waals surface area contributed by atoms with Gasteiger partial charge in [0.15, 0.2) is 0 Å². The van der Waals surface area contributed by atoms with E-state index in [9.17, 15) is 0 Å². The lowest BCUT2D eigenvalue weighted by molar-refractivity contribution is 0.634. The molecular weight excluding hydrogens is 218 g/mol. The highest BCUT2D eigenvalue weighted by atomic mass is 32.2. The van der Waals surface area contributed by atoms with Gasteiger partial charge in [-0.05, 0) is 44.1 Å². The zero-order valence-electron chi connectivity index (χ0n) is 9.92. The van der Waals surface area contributed by atoms with E-state index in [-0.39, 0.29) is 0 Å². The average Bonchev–Trinajstić information content (AvgIpc) is 2.68. The molecule has 0 spiro atoms. The molecule has 0 saturated carbocycles. The molecule has 1 aromatic heterocycles. The van der Waals surface area contributed by atoms with Crippen LogP contribution in [-0.4, -0.2) is 22.0 Å². The minimum Gasteiger partial charge on any atom is -0.396 e. The molecule has 88 valence electrons. The summed E-state index contributed by atoms with van der Waals surface area (Å²) in [5.74, 6) is 2.10. The second-order valence-electron chi connectivity index (χ2n) is 4.65. The van der Waals surface area contributed by atoms with E-state index in [0.29, 0.717) is 4.75 Å². The van der Waals surface area contributed by atoms with Crippen LogP contribution in [0.15, 0.2) is 12.3 Å². The maximum atomic E-state index is 5.98. The van der Waals surface area contributed by atoms with E-state index in [1.54, 1.807) is 6.20 Å². The van der Waals surface area contributed by atoms with E-state index >= 15 is 0 Å². The fraction of sp³-hybridized carbons (Fsp3) is 0.583. The number of pyridine rings is 1. The summed E-state index contributed by atoms with van der Waals surface area (Å²) in [6, 6.07) is 1.94. The zero-order chi connectivity index (χ0) is 11.6. The van der Waals surface area contributed by atoms with E-state index < -0.39 is 0 Å². The Labute approximate surface area is 101 Å². The van der Waals surface area contributed by atoms with Crippen LogP contribution in [0.5, 0.6) is 0 Å². The number of nitrogens with one attached hydrogen (secondary N) is 1. The summed E-state index contributed by atoms with van der Waals surface area (Å²) >= 11 is 2.04. The summed E-state index contributed by atoms with van der Waals surface area (Å²) in [5, 5.41) is 3.38. The first-order chi connectivity index (χ1) is 7.61. The van der Waals surface area contributed by atoms with Crippen LogP contribution in [0.2, 0.25) is 0 Å². The fourth-order valence-corrected chi connectivity index (χ4v) is 3.20. The van der Waals surface area contributed by atoms with E-state index in [1.807, 2.05) is 24.8 Å². The van der Waals surface area contributed by atoms with E-state index in [1.165, 1.54) is 18.6 Å². The van der Waals surface area contributed by atoms with Gasteiger partial charge in [0, 0.05) is 17.5 Å². The first kappa shape index (κ1) is 11.6. The van der Waals surface area contributed by atoms with Crippen LogP contribution < -0.4 is 11.1 Å². The molecule has 1 saturated heterocycles. The van der Waals surface area contributed by atoms with Crippen LogP contribution in [0.4, 0.5) is 11.5 Å². The third-order valence-corrected chi connectivity index (χ3v) is 4.68. The lowest BCUT2D eigenvalue weighted by Crippen LogP contribution is -2.27. The summed E-state index contributed by atoms with van der Waals surface area (Å²) in [6.45, 7) is 5.26. The number of aromatic nitrogens is 1. The highest BCUT2D eigenvalue weighted by Gasteiger charge is 2.29. The number of nitrogens with zero attached hydrogens (tertiary/aromatic N) is 1. The van der Waals surface area contributed by atoms with Gasteiger partial charge in [-0.15, -0.1) is 0 Å². The highest BCUT2D eigenvalue weighted by Crippen LogP contribution is 2.37. The Morgan fingerprint density at radius 2 is 2.44 bits per heavy atom. The molecule has 0 bridgehead atoms. The number of nitrogen functional groups attached to an aromatic ring is 1. The standard InChI is InChI=1S/C12H19N3S/c1-9-4-6-14-11(10(9)13)15-8-12(2)5-3-7-16-12/h4,6H,3,5,7-8,13H2,1-2H3,(H,14,15). The smallest absolute Gasteiger partial charge is 0.149 e. The molecule has 1 atom stereocenters. The molecule has 1 aromatic rings. The number of hydrogen-bond acceptors (Lipinski definition) is 4. The molecule has 0 aromatic carbocycles. The van der Waals surface area contributed by atoms with Crippen molar-refractivity contribution in [1.29, 1.82) is 0 Å². The molecule has 16 heavy (non-hydrogen) atoms. The molecule has 2 heterocycles. The first-order valence-electron chi connectivity index (χ1n) is 5.70. The van der Waals surface area contributed by atoms with Gasteiger partial charge in [0.25, 0.3) is 0 Å². The Bertz CT molecular complexity index is 373. The maximum absolute atomic E-state index is 5.98. The van der Waals surface area contributed by atoms with E-state index in [2.05, 4.69) is 17.2 Å². The second kappa shape index (κ2) is 4.53. The molecule has 2 rings (SSSR count). The molecular formula is C12H19N3S. The van der Waals surface area contributed by atoms with Gasteiger partial charge >= 0.3 is 0 Å². The third-order valence-electron chi connectivity index (χ3n) is 3.14. The number of hydrogen-bond donors (Lipinski definition) is 2. The summed E-state index contributed by atoms with van der Waals surface area (Å²) in [6.07, 6.45) is 4.40. The molecule has 0 amide bonds. The molecule has 3 N–H and O–H groups in total. The summed E-state index contributed by atoms with van der Waals surface area (Å²) in [4.78, 5) is 4.29. The van der Waals surface area contributed by atoms with Crippen LogP contribution in [0.3, 0.4) is 0 Å². The van der Waals surface area contributed by atoms with Gasteiger partial charge in [-0.3, -0.25) is 0 Å². The summed E-state index contributed by atoms with van der Waals surface area (Å²) in [7, 11) is 0. The van der Waals surface area contributed by atoms with Crippen molar-refractivity contribution in [3.8, 4) is 0 Å². The number of thioether (sulfide) groups is 1. The van der Waals surface area contributed by atoms with Crippen LogP contribution in [0, 0.1) is 6.92 Å². The molecule has 1 aliphatic rings. The summed E-state index contributed by atoms with van der Waals surface area (Å²) in [5.41, 5.74) is 7.84. The van der Waals surface area contributed by atoms with Crippen molar-refractivity contribution in [2.45, 2.75) is 31.4 Å². The predicted molar refractivity (Wildman–Crippen MR) is 72.0 cm³/mol. The lowest BCUT2D eigenvalue weighted by atomic mass is 10.1. The van der Waals surface area contributed by atoms with Crippen LogP contribution in [0.25, 0.3) is 0 Å². The van der Waals surface area contributed by atoms with Crippen molar-refractivity contribution in [2.75, 3.05) is 23.3 Å². The zero-order valence-corrected chi connectivity index (χ0v) is 10.7. The molecule has 0 aliphatic carbocycles. The lowest BCUT2D eigenvalue weighted by Gasteiger charge is -2.23. The van der Waals surface area contributed by atoms with Gasteiger partial charge in [-0.1, -0.05) is 0 Å². The van der Waals surface area contributed by atoms with Gasteiger partial charge in [0.1, 0.15) is 5.82 Å². The van der Waals surface area contributed by atoms with Crippen LogP contribution >= 0.6 is 11.8 Å². The average molecular weight is 237 g/mol. The predicted octanol–water partition coefficient (Wildman–Crippen LogP) is 2.67. The van der Waals surface area contributed by atoms with E-state index in [0.717, 1.165) is 23.6 Å². The molecule has 1 aliphatic heterocycles. The monoisotopic (exact) mass is 237 g/mol. The number of anilines is 2. The molecule has 1 fully saturated rings. The Kier molecular flexibility index (Phi) is 3.28. The Morgan fingerprint density at radius 3 is 3.12 bits per heavy atom. The SMILES string of the molecule is Cc1ccnc(NCC2(C)CCCS2)c1N. The quantitative estimate of drug-likeness (QED) is 0.848. The van der Waals surface area contributed by atoms with Crippen molar-refractivity contribution >= 4 is 23.3 Å². The largest absolute Gasteiger partial charge is 0.396 e. The first-order valence-corrected chi connectivity index (χ1v) is 6.68. The van der Waals surface area contributed by atoms with Crippen molar-refractivity contribution in [3.05, 3.63) is 17.8 Å². The molecule has 0 radical (unpaired) electrons. The highest BCUT2D eigenvalue weighted by molar-refractivity contribution is 8.00. The normalized spacial score (nSPS) is 24.6. The summed E-state index contributed by atoms with van der Waals surface area (Å²) < 4.78 is 0.345. The van der Waals surface area contributed by atoms with Crippen molar-refractivity contribution < 1.29 is 0 Å². The maximum Gasteiger partial charge on any atom is 0.149 e. The molecule has 4 heteroatoms. The van der Waals surface area contributed by atoms with Gasteiger partial charge in [-0.25, -0.2) is 4.98 Å². The van der Waals surface area contributed by atoms with Crippen LogP contribution in [0.1, 0.15) is 25.3 Å². The van der Waals surface area contributed by atoms with Crippen LogP contribution in [-0.2, 0) is 0 Å². The van der Waals surface area contributed by atoms with Gasteiger partial charge in [0.05, 0.1) is 5.69 Å². The van der Waals surface area contributed by atoms with Crippen molar-refractivity contribution in [1.82, 2.24) is 4.98 Å². The van der Waals surface area contributed by atoms with Crippen molar-refractivity contribution in [2.24, 2.45) is 0 Å². The van der Waals surface area contributed by atoms with Gasteiger partial charge in [0.2, 0.25) is 0 Å². The number of aryl methyl sites for hydroxylation is 1. The topological polar surface area (TPSA) is 50.9 Å². The Morgan fingerprint density at radius 1 is 1.62 bits per heavy atom. The second-order valence-corrected chi connectivity index (χ2v) is 6.33.